The van der Waals surface area contributed by atoms with Gasteiger partial charge in [-0.1, -0.05) is 27.5 Å². The molecule has 0 heterocycles. The molecule has 0 amide bonds. The summed E-state index contributed by atoms with van der Waals surface area (Å²) in [6, 6.07) is 11.2. The van der Waals surface area contributed by atoms with E-state index in [9.17, 15) is 8.42 Å². The van der Waals surface area contributed by atoms with E-state index >= 15 is 0 Å². The zero-order valence-corrected chi connectivity index (χ0v) is 14.1. The van der Waals surface area contributed by atoms with Crippen LogP contribution in [0.5, 0.6) is 0 Å². The Hall–Kier alpha value is -0.560. The summed E-state index contributed by atoms with van der Waals surface area (Å²) in [5.74, 6) is 0. The molecule has 19 heavy (non-hydrogen) atoms. The predicted molar refractivity (Wildman–Crippen MR) is 84.1 cm³/mol. The molecule has 0 aliphatic carbocycles. The first-order valence-electron chi connectivity index (χ1n) is 5.12. The average Bonchev–Trinajstić information content (AvgIpc) is 2.34. The molecule has 7 heteroatoms. The maximum atomic E-state index is 12.1. The minimum absolute atomic E-state index is 0.196. The molecule has 2 rings (SSSR count). The van der Waals surface area contributed by atoms with Gasteiger partial charge in [-0.25, -0.2) is 8.42 Å². The van der Waals surface area contributed by atoms with Crippen LogP contribution in [0.15, 0.2) is 56.3 Å². The summed E-state index contributed by atoms with van der Waals surface area (Å²) in [6.45, 7) is 0. The Kier molecular flexibility index (Phi) is 4.55. The first kappa shape index (κ1) is 14.8. The summed E-state index contributed by atoms with van der Waals surface area (Å²) in [6.07, 6.45) is 0. The van der Waals surface area contributed by atoms with Crippen molar-refractivity contribution in [1.82, 2.24) is 0 Å². The summed E-state index contributed by atoms with van der Waals surface area (Å²) in [5, 5.41) is 0.520. The standard InChI is InChI=1S/C12H8Br2ClNO2S/c13-8-1-4-10(5-2-8)19(17,18)16-9-3-6-12(15)11(14)7-9/h1-7,16H. The third kappa shape index (κ3) is 3.72. The van der Waals surface area contributed by atoms with Crippen molar-refractivity contribution in [2.45, 2.75) is 4.90 Å². The van der Waals surface area contributed by atoms with Gasteiger partial charge in [0.1, 0.15) is 0 Å². The molecule has 0 radical (unpaired) electrons. The van der Waals surface area contributed by atoms with Gasteiger partial charge in [-0.3, -0.25) is 4.72 Å². The summed E-state index contributed by atoms with van der Waals surface area (Å²) < 4.78 is 28.2. The second kappa shape index (κ2) is 5.83. The molecule has 0 spiro atoms. The van der Waals surface area contributed by atoms with E-state index in [2.05, 4.69) is 36.6 Å². The first-order valence-corrected chi connectivity index (χ1v) is 8.57. The van der Waals surface area contributed by atoms with Crippen molar-refractivity contribution >= 4 is 59.2 Å². The van der Waals surface area contributed by atoms with Crippen LogP contribution in [0.1, 0.15) is 0 Å². The maximum Gasteiger partial charge on any atom is 0.261 e. The van der Waals surface area contributed by atoms with E-state index in [0.29, 0.717) is 15.2 Å². The second-order valence-corrected chi connectivity index (χ2v) is 7.55. The lowest BCUT2D eigenvalue weighted by atomic mass is 10.3. The topological polar surface area (TPSA) is 46.2 Å². The van der Waals surface area contributed by atoms with E-state index in [1.54, 1.807) is 30.3 Å². The number of nitrogens with one attached hydrogen (secondary N) is 1. The Morgan fingerprint density at radius 3 is 2.21 bits per heavy atom. The van der Waals surface area contributed by atoms with Gasteiger partial charge in [-0.2, -0.15) is 0 Å². The highest BCUT2D eigenvalue weighted by Crippen LogP contribution is 2.27. The van der Waals surface area contributed by atoms with E-state index in [-0.39, 0.29) is 4.90 Å². The minimum Gasteiger partial charge on any atom is -0.280 e. The molecule has 2 aromatic rings. The normalized spacial score (nSPS) is 11.3. The summed E-state index contributed by atoms with van der Waals surface area (Å²) >= 11 is 12.4. The highest BCUT2D eigenvalue weighted by atomic mass is 79.9. The van der Waals surface area contributed by atoms with E-state index in [0.717, 1.165) is 4.47 Å². The number of rotatable bonds is 3. The highest BCUT2D eigenvalue weighted by molar-refractivity contribution is 9.10. The third-order valence-corrected chi connectivity index (χ3v) is 5.44. The maximum absolute atomic E-state index is 12.1. The Labute approximate surface area is 133 Å². The third-order valence-electron chi connectivity index (χ3n) is 2.30. The van der Waals surface area contributed by atoms with Crippen molar-refractivity contribution in [3.8, 4) is 0 Å². The molecule has 1 N–H and O–H groups in total. The number of hydrogen-bond acceptors (Lipinski definition) is 2. The molecule has 0 aliphatic rings. The number of sulfonamides is 1. The first-order chi connectivity index (χ1) is 8.88. The van der Waals surface area contributed by atoms with Crippen LogP contribution in [-0.2, 0) is 10.0 Å². The fourth-order valence-electron chi connectivity index (χ4n) is 1.39. The van der Waals surface area contributed by atoms with E-state index in [4.69, 9.17) is 11.6 Å². The van der Waals surface area contributed by atoms with Crippen LogP contribution in [-0.4, -0.2) is 8.42 Å². The van der Waals surface area contributed by atoms with Crippen LogP contribution in [0.25, 0.3) is 0 Å². The van der Waals surface area contributed by atoms with Crippen LogP contribution < -0.4 is 4.72 Å². The highest BCUT2D eigenvalue weighted by Gasteiger charge is 2.14. The van der Waals surface area contributed by atoms with Crippen molar-refractivity contribution in [2.75, 3.05) is 4.72 Å². The molecule has 0 saturated heterocycles. The van der Waals surface area contributed by atoms with Gasteiger partial charge in [0.05, 0.1) is 15.6 Å². The fourth-order valence-corrected chi connectivity index (χ4v) is 3.20. The molecular formula is C12H8Br2ClNO2S. The van der Waals surface area contributed by atoms with Gasteiger partial charge in [0.15, 0.2) is 0 Å². The van der Waals surface area contributed by atoms with Gasteiger partial charge in [0.25, 0.3) is 10.0 Å². The van der Waals surface area contributed by atoms with E-state index < -0.39 is 10.0 Å². The number of benzene rings is 2. The van der Waals surface area contributed by atoms with Gasteiger partial charge in [-0.05, 0) is 58.4 Å². The fraction of sp³-hybridized carbons (Fsp3) is 0. The van der Waals surface area contributed by atoms with Gasteiger partial charge in [-0.15, -0.1) is 0 Å². The molecule has 0 aromatic heterocycles. The molecule has 0 unspecified atom stereocenters. The monoisotopic (exact) mass is 423 g/mol. The molecule has 3 nitrogen and oxygen atoms in total. The van der Waals surface area contributed by atoms with Crippen LogP contribution in [0.2, 0.25) is 5.02 Å². The predicted octanol–water partition coefficient (Wildman–Crippen LogP) is 4.67. The van der Waals surface area contributed by atoms with Crippen LogP contribution in [0.4, 0.5) is 5.69 Å². The zero-order valence-electron chi connectivity index (χ0n) is 9.40. The molecular weight excluding hydrogens is 417 g/mol. The quantitative estimate of drug-likeness (QED) is 0.777. The minimum atomic E-state index is -3.59. The zero-order chi connectivity index (χ0) is 14.0. The molecule has 0 saturated carbocycles. The van der Waals surface area contributed by atoms with Crippen LogP contribution >= 0.6 is 43.5 Å². The van der Waals surface area contributed by atoms with Gasteiger partial charge >= 0.3 is 0 Å². The lowest BCUT2D eigenvalue weighted by molar-refractivity contribution is 0.601. The van der Waals surface area contributed by atoms with E-state index in [1.165, 1.54) is 12.1 Å². The smallest absolute Gasteiger partial charge is 0.261 e. The second-order valence-electron chi connectivity index (χ2n) is 3.69. The molecule has 0 aliphatic heterocycles. The number of halogens is 3. The average molecular weight is 426 g/mol. The van der Waals surface area contributed by atoms with Gasteiger partial charge < -0.3 is 0 Å². The SMILES string of the molecule is O=S(=O)(Nc1ccc(Cl)c(Br)c1)c1ccc(Br)cc1. The summed E-state index contributed by atoms with van der Waals surface area (Å²) in [4.78, 5) is 0.196. The molecule has 100 valence electrons. The van der Waals surface area contributed by atoms with Gasteiger partial charge in [0, 0.05) is 8.95 Å². The summed E-state index contributed by atoms with van der Waals surface area (Å²) in [7, 11) is -3.59. The Balaban J connectivity index is 2.30. The van der Waals surface area contributed by atoms with Gasteiger partial charge in [0.2, 0.25) is 0 Å². The Morgan fingerprint density at radius 2 is 1.63 bits per heavy atom. The number of hydrogen-bond donors (Lipinski definition) is 1. The van der Waals surface area contributed by atoms with Crippen molar-refractivity contribution in [3.63, 3.8) is 0 Å². The molecule has 0 fully saturated rings. The summed E-state index contributed by atoms with van der Waals surface area (Å²) in [5.41, 5.74) is 0.444. The van der Waals surface area contributed by atoms with Crippen LogP contribution in [0.3, 0.4) is 0 Å². The van der Waals surface area contributed by atoms with E-state index in [1.807, 2.05) is 0 Å². The molecule has 2 aromatic carbocycles. The lowest BCUT2D eigenvalue weighted by Crippen LogP contribution is -2.12. The Morgan fingerprint density at radius 1 is 1.00 bits per heavy atom. The van der Waals surface area contributed by atoms with Crippen molar-refractivity contribution in [1.29, 1.82) is 0 Å². The molecule has 0 bridgehead atoms. The molecule has 0 atom stereocenters. The van der Waals surface area contributed by atoms with Crippen molar-refractivity contribution < 1.29 is 8.42 Å². The number of anilines is 1. The van der Waals surface area contributed by atoms with Crippen molar-refractivity contribution in [2.24, 2.45) is 0 Å². The van der Waals surface area contributed by atoms with Crippen molar-refractivity contribution in [3.05, 3.63) is 56.4 Å². The largest absolute Gasteiger partial charge is 0.280 e. The lowest BCUT2D eigenvalue weighted by Gasteiger charge is -2.09. The van der Waals surface area contributed by atoms with Crippen LogP contribution in [0, 0.1) is 0 Å². The Bertz CT molecular complexity index is 702.